The number of carbonyl (C=O) groups excluding carboxylic acids is 4. The number of rotatable bonds is 76. The van der Waals surface area contributed by atoms with Crippen LogP contribution < -0.4 is 0 Å². The molecule has 0 bridgehead atoms. The van der Waals surface area contributed by atoms with Crippen molar-refractivity contribution in [1.82, 2.24) is 0 Å². The Bertz CT molecular complexity index is 1820. The maximum absolute atomic E-state index is 13.1. The molecule has 0 aliphatic rings. The molecule has 0 amide bonds. The van der Waals surface area contributed by atoms with Gasteiger partial charge in [-0.1, -0.05) is 349 Å². The van der Waals surface area contributed by atoms with Gasteiger partial charge in [0.25, 0.3) is 0 Å². The minimum atomic E-state index is -4.95. The summed E-state index contributed by atoms with van der Waals surface area (Å²) in [6.45, 7) is 7.24. The zero-order chi connectivity index (χ0) is 69.8. The summed E-state index contributed by atoms with van der Waals surface area (Å²) in [5, 5.41) is 10.6. The van der Waals surface area contributed by atoms with Gasteiger partial charge in [-0.05, 0) is 31.6 Å². The standard InChI is InChI=1S/C76H148O17P2/c1-6-9-12-15-18-20-21-22-23-24-25-26-27-28-29-32-36-39-42-47-52-57-62-76(81)93-72(66-87-74(79)60-55-50-46-41-38-35-33-30-31-34-37-40-44-48-53-58-69(4)5)68-91-95(84,85)89-64-70(77)63-88-94(82,83)90-67-71(65-86-73(78)59-54-49-43-17-14-11-8-3)92-75(80)61-56-51-45-19-16-13-10-7-2/h69-72,77H,6-68H2,1-5H3,(H,82,83)(H,84,85)/t70-,71+,72+/m0/s1. The van der Waals surface area contributed by atoms with Crippen LogP contribution in [0.3, 0.4) is 0 Å². The molecule has 0 radical (unpaired) electrons. The van der Waals surface area contributed by atoms with E-state index < -0.39 is 97.5 Å². The summed E-state index contributed by atoms with van der Waals surface area (Å²) in [5.41, 5.74) is 0. The van der Waals surface area contributed by atoms with E-state index >= 15 is 0 Å². The van der Waals surface area contributed by atoms with Gasteiger partial charge in [-0.15, -0.1) is 0 Å². The number of phosphoric acid groups is 2. The number of phosphoric ester groups is 2. The van der Waals surface area contributed by atoms with Crippen molar-refractivity contribution in [3.63, 3.8) is 0 Å². The van der Waals surface area contributed by atoms with Gasteiger partial charge in [0, 0.05) is 25.7 Å². The Morgan fingerprint density at radius 1 is 0.284 bits per heavy atom. The topological polar surface area (TPSA) is 237 Å². The van der Waals surface area contributed by atoms with E-state index in [0.717, 1.165) is 115 Å². The molecule has 17 nitrogen and oxygen atoms in total. The first-order valence-corrected chi connectivity index (χ1v) is 42.6. The van der Waals surface area contributed by atoms with E-state index in [9.17, 15) is 43.2 Å². The highest BCUT2D eigenvalue weighted by Crippen LogP contribution is 2.45. The molecule has 0 aromatic rings. The largest absolute Gasteiger partial charge is 0.472 e. The summed E-state index contributed by atoms with van der Waals surface area (Å²) >= 11 is 0. The molecular formula is C76H148O17P2. The molecule has 564 valence electrons. The minimum absolute atomic E-state index is 0.105. The van der Waals surface area contributed by atoms with E-state index in [-0.39, 0.29) is 25.7 Å². The summed E-state index contributed by atoms with van der Waals surface area (Å²) in [6, 6.07) is 0. The Morgan fingerprint density at radius 3 is 0.716 bits per heavy atom. The first kappa shape index (κ1) is 93.1. The highest BCUT2D eigenvalue weighted by atomic mass is 31.2. The molecule has 0 fully saturated rings. The maximum atomic E-state index is 13.1. The molecular weight excluding hydrogens is 1250 g/mol. The average Bonchev–Trinajstić information content (AvgIpc) is 1.34. The summed E-state index contributed by atoms with van der Waals surface area (Å²) in [7, 11) is -9.90. The molecule has 3 N–H and O–H groups in total. The molecule has 0 aromatic carbocycles. The van der Waals surface area contributed by atoms with Crippen molar-refractivity contribution in [2.75, 3.05) is 39.6 Å². The molecule has 95 heavy (non-hydrogen) atoms. The second-order valence-electron chi connectivity index (χ2n) is 27.9. The van der Waals surface area contributed by atoms with Gasteiger partial charge in [0.2, 0.25) is 0 Å². The van der Waals surface area contributed by atoms with Crippen LogP contribution in [-0.4, -0.2) is 96.7 Å². The molecule has 0 saturated carbocycles. The van der Waals surface area contributed by atoms with Gasteiger partial charge in [0.15, 0.2) is 12.2 Å². The second-order valence-corrected chi connectivity index (χ2v) is 30.8. The highest BCUT2D eigenvalue weighted by Gasteiger charge is 2.30. The molecule has 0 spiro atoms. The van der Waals surface area contributed by atoms with Gasteiger partial charge >= 0.3 is 39.5 Å². The lowest BCUT2D eigenvalue weighted by atomic mass is 10.0. The van der Waals surface area contributed by atoms with Crippen molar-refractivity contribution < 1.29 is 80.2 Å². The fourth-order valence-corrected chi connectivity index (χ4v) is 13.3. The van der Waals surface area contributed by atoms with Crippen molar-refractivity contribution in [2.24, 2.45) is 5.92 Å². The third kappa shape index (κ3) is 70.3. The molecule has 0 aromatic heterocycles. The summed E-state index contributed by atoms with van der Waals surface area (Å²) in [6.07, 6.45) is 58.8. The number of hydrogen-bond acceptors (Lipinski definition) is 15. The van der Waals surface area contributed by atoms with E-state index in [0.29, 0.717) is 25.7 Å². The lowest BCUT2D eigenvalue weighted by Crippen LogP contribution is -2.30. The number of unbranched alkanes of at least 4 members (excludes halogenated alkanes) is 48. The molecule has 0 heterocycles. The van der Waals surface area contributed by atoms with E-state index in [1.54, 1.807) is 0 Å². The lowest BCUT2D eigenvalue weighted by Gasteiger charge is -2.21. The minimum Gasteiger partial charge on any atom is -0.462 e. The first-order valence-electron chi connectivity index (χ1n) is 39.6. The third-order valence-electron chi connectivity index (χ3n) is 17.8. The van der Waals surface area contributed by atoms with Crippen LogP contribution in [-0.2, 0) is 65.4 Å². The van der Waals surface area contributed by atoms with E-state index in [4.69, 9.17) is 37.0 Å². The Labute approximate surface area is 581 Å². The van der Waals surface area contributed by atoms with Gasteiger partial charge in [0.1, 0.15) is 19.3 Å². The van der Waals surface area contributed by atoms with Crippen LogP contribution in [0.25, 0.3) is 0 Å². The second kappa shape index (κ2) is 69.2. The van der Waals surface area contributed by atoms with Gasteiger partial charge < -0.3 is 33.8 Å². The number of ether oxygens (including phenoxy) is 4. The molecule has 19 heteroatoms. The van der Waals surface area contributed by atoms with Gasteiger partial charge in [-0.25, -0.2) is 9.13 Å². The van der Waals surface area contributed by atoms with Crippen molar-refractivity contribution in [2.45, 2.75) is 419 Å². The van der Waals surface area contributed by atoms with Crippen molar-refractivity contribution in [3.05, 3.63) is 0 Å². The maximum Gasteiger partial charge on any atom is 0.472 e. The van der Waals surface area contributed by atoms with Crippen LogP contribution in [0.15, 0.2) is 0 Å². The summed E-state index contributed by atoms with van der Waals surface area (Å²) in [4.78, 5) is 72.5. The van der Waals surface area contributed by atoms with E-state index in [1.165, 1.54) is 205 Å². The molecule has 0 aliphatic carbocycles. The molecule has 0 rings (SSSR count). The van der Waals surface area contributed by atoms with Crippen LogP contribution in [0.1, 0.15) is 401 Å². The zero-order valence-corrected chi connectivity index (χ0v) is 63.6. The Balaban J connectivity index is 5.11. The number of hydrogen-bond donors (Lipinski definition) is 3. The molecule has 5 atom stereocenters. The predicted molar refractivity (Wildman–Crippen MR) is 386 cm³/mol. The SMILES string of the molecule is CCCCCCCCCCCCCCCCCCCCCCCCC(=O)O[C@H](COC(=O)CCCCCCCCCCCCCCCCCC(C)C)COP(=O)(O)OC[C@@H](O)COP(=O)(O)OC[C@@H](COC(=O)CCCCCCCCC)OC(=O)CCCCCCCCCC. The van der Waals surface area contributed by atoms with Crippen molar-refractivity contribution in [3.8, 4) is 0 Å². The number of aliphatic hydroxyl groups is 1. The normalized spacial score (nSPS) is 13.9. The fourth-order valence-electron chi connectivity index (χ4n) is 11.7. The van der Waals surface area contributed by atoms with Crippen molar-refractivity contribution in [1.29, 1.82) is 0 Å². The Hall–Kier alpha value is -1.94. The van der Waals surface area contributed by atoms with Crippen LogP contribution in [0.4, 0.5) is 0 Å². The summed E-state index contributed by atoms with van der Waals surface area (Å²) < 4.78 is 68.3. The number of esters is 4. The van der Waals surface area contributed by atoms with Crippen molar-refractivity contribution >= 4 is 39.5 Å². The van der Waals surface area contributed by atoms with Gasteiger partial charge in [0.05, 0.1) is 26.4 Å². The highest BCUT2D eigenvalue weighted by molar-refractivity contribution is 7.47. The predicted octanol–water partition coefficient (Wildman–Crippen LogP) is 22.5. The Kier molecular flexibility index (Phi) is 67.7. The number of aliphatic hydroxyl groups excluding tert-OH is 1. The quantitative estimate of drug-likeness (QED) is 0.0222. The molecule has 2 unspecified atom stereocenters. The van der Waals surface area contributed by atoms with Crippen LogP contribution >= 0.6 is 15.6 Å². The molecule has 0 saturated heterocycles. The average molecular weight is 1400 g/mol. The summed E-state index contributed by atoms with van der Waals surface area (Å²) in [5.74, 6) is -1.32. The van der Waals surface area contributed by atoms with E-state index in [2.05, 4.69) is 34.6 Å². The van der Waals surface area contributed by atoms with Crippen LogP contribution in [0.5, 0.6) is 0 Å². The third-order valence-corrected chi connectivity index (χ3v) is 19.7. The van der Waals surface area contributed by atoms with Crippen LogP contribution in [0.2, 0.25) is 0 Å². The van der Waals surface area contributed by atoms with E-state index in [1.807, 2.05) is 0 Å². The first-order chi connectivity index (χ1) is 46.0. The zero-order valence-electron chi connectivity index (χ0n) is 61.8. The van der Waals surface area contributed by atoms with Gasteiger partial charge in [-0.2, -0.15) is 0 Å². The smallest absolute Gasteiger partial charge is 0.462 e. The monoisotopic (exact) mass is 1400 g/mol. The Morgan fingerprint density at radius 2 is 0.484 bits per heavy atom. The number of carbonyl (C=O) groups is 4. The van der Waals surface area contributed by atoms with Gasteiger partial charge in [-0.3, -0.25) is 37.3 Å². The lowest BCUT2D eigenvalue weighted by molar-refractivity contribution is -0.161. The van der Waals surface area contributed by atoms with Crippen LogP contribution in [0, 0.1) is 5.92 Å². The fraction of sp³-hybridized carbons (Fsp3) is 0.947. The molecule has 0 aliphatic heterocycles.